The van der Waals surface area contributed by atoms with E-state index in [0.29, 0.717) is 6.54 Å². The van der Waals surface area contributed by atoms with E-state index in [9.17, 15) is 4.79 Å². The molecule has 0 radical (unpaired) electrons. The molecule has 15 heavy (non-hydrogen) atoms. The van der Waals surface area contributed by atoms with Crippen LogP contribution in [0.1, 0.15) is 12.5 Å². The molecule has 0 heterocycles. The smallest absolute Gasteiger partial charge is 0.234 e. The number of nitrogens with two attached hydrogens (primary N) is 2. The van der Waals surface area contributed by atoms with Crippen LogP contribution < -0.4 is 16.8 Å². The molecule has 0 fully saturated rings. The van der Waals surface area contributed by atoms with Crippen molar-refractivity contribution >= 4 is 5.91 Å². The van der Waals surface area contributed by atoms with Crippen LogP contribution in [0.5, 0.6) is 0 Å². The van der Waals surface area contributed by atoms with Crippen molar-refractivity contribution in [3.05, 3.63) is 35.9 Å². The van der Waals surface area contributed by atoms with Crippen LogP contribution in [0.15, 0.2) is 30.3 Å². The SMILES string of the molecule is CCN.NCC(=O)NCc1ccccc1. The second-order valence-corrected chi connectivity index (χ2v) is 2.87. The number of hydrogen-bond donors (Lipinski definition) is 3. The zero-order chi connectivity index (χ0) is 11.5. The van der Waals surface area contributed by atoms with Crippen molar-refractivity contribution in [3.63, 3.8) is 0 Å². The lowest BCUT2D eigenvalue weighted by atomic mass is 10.2. The lowest BCUT2D eigenvalue weighted by molar-refractivity contribution is -0.119. The maximum atomic E-state index is 10.7. The van der Waals surface area contributed by atoms with E-state index in [1.807, 2.05) is 37.3 Å². The van der Waals surface area contributed by atoms with Crippen molar-refractivity contribution in [2.24, 2.45) is 11.5 Å². The molecule has 0 aliphatic heterocycles. The number of rotatable bonds is 3. The molecule has 0 atom stereocenters. The Hall–Kier alpha value is -1.39. The van der Waals surface area contributed by atoms with Crippen molar-refractivity contribution in [1.29, 1.82) is 0 Å². The molecule has 0 aliphatic rings. The highest BCUT2D eigenvalue weighted by atomic mass is 16.1. The molecule has 1 aromatic rings. The lowest BCUT2D eigenvalue weighted by Gasteiger charge is -2.02. The van der Waals surface area contributed by atoms with Gasteiger partial charge in [-0.1, -0.05) is 37.3 Å². The first-order valence-corrected chi connectivity index (χ1v) is 4.95. The third kappa shape index (κ3) is 7.66. The number of carbonyl (C=O) groups excluding carboxylic acids is 1. The Morgan fingerprint density at radius 2 is 1.80 bits per heavy atom. The first-order valence-electron chi connectivity index (χ1n) is 4.95. The fourth-order valence-corrected chi connectivity index (χ4v) is 0.869. The van der Waals surface area contributed by atoms with Crippen molar-refractivity contribution in [2.45, 2.75) is 13.5 Å². The van der Waals surface area contributed by atoms with Gasteiger partial charge in [-0.15, -0.1) is 0 Å². The highest BCUT2D eigenvalue weighted by Gasteiger charge is 1.95. The van der Waals surface area contributed by atoms with Gasteiger partial charge in [-0.05, 0) is 12.1 Å². The zero-order valence-corrected chi connectivity index (χ0v) is 9.07. The van der Waals surface area contributed by atoms with Gasteiger partial charge in [0.2, 0.25) is 5.91 Å². The summed E-state index contributed by atoms with van der Waals surface area (Å²) in [7, 11) is 0. The van der Waals surface area contributed by atoms with Gasteiger partial charge < -0.3 is 16.8 Å². The number of nitrogens with one attached hydrogen (secondary N) is 1. The second-order valence-electron chi connectivity index (χ2n) is 2.87. The van der Waals surface area contributed by atoms with Crippen molar-refractivity contribution in [3.8, 4) is 0 Å². The van der Waals surface area contributed by atoms with E-state index >= 15 is 0 Å². The molecule has 1 rings (SSSR count). The molecule has 4 heteroatoms. The van der Waals surface area contributed by atoms with Crippen LogP contribution in [0.3, 0.4) is 0 Å². The summed E-state index contributed by atoms with van der Waals surface area (Å²) in [5.41, 5.74) is 11.1. The first kappa shape index (κ1) is 13.6. The monoisotopic (exact) mass is 209 g/mol. The Bertz CT molecular complexity index is 262. The fourth-order valence-electron chi connectivity index (χ4n) is 0.869. The largest absolute Gasteiger partial charge is 0.351 e. The molecule has 0 bridgehead atoms. The Balaban J connectivity index is 0.000000583. The van der Waals surface area contributed by atoms with Crippen molar-refractivity contribution in [2.75, 3.05) is 13.1 Å². The third-order valence-corrected chi connectivity index (χ3v) is 1.52. The maximum Gasteiger partial charge on any atom is 0.234 e. The Morgan fingerprint density at radius 3 is 2.27 bits per heavy atom. The average molecular weight is 209 g/mol. The molecule has 0 aromatic heterocycles. The van der Waals surface area contributed by atoms with E-state index in [0.717, 1.165) is 12.1 Å². The van der Waals surface area contributed by atoms with Gasteiger partial charge in [0.05, 0.1) is 6.54 Å². The summed E-state index contributed by atoms with van der Waals surface area (Å²) in [6.07, 6.45) is 0. The lowest BCUT2D eigenvalue weighted by Crippen LogP contribution is -2.29. The molecular formula is C11H19N3O. The van der Waals surface area contributed by atoms with Crippen LogP contribution >= 0.6 is 0 Å². The van der Waals surface area contributed by atoms with Crippen molar-refractivity contribution < 1.29 is 4.79 Å². The van der Waals surface area contributed by atoms with E-state index in [1.54, 1.807) is 0 Å². The van der Waals surface area contributed by atoms with Gasteiger partial charge in [-0.2, -0.15) is 0 Å². The number of amides is 1. The van der Waals surface area contributed by atoms with E-state index in [-0.39, 0.29) is 12.5 Å². The minimum atomic E-state index is -0.126. The van der Waals surface area contributed by atoms with Gasteiger partial charge in [0.15, 0.2) is 0 Å². The molecule has 1 aromatic carbocycles. The number of benzene rings is 1. The molecule has 4 nitrogen and oxygen atoms in total. The normalized spacial score (nSPS) is 8.73. The quantitative estimate of drug-likeness (QED) is 0.666. The molecule has 1 amide bonds. The second kappa shape index (κ2) is 9.18. The summed E-state index contributed by atoms with van der Waals surface area (Å²) in [6.45, 7) is 3.25. The van der Waals surface area contributed by atoms with Crippen molar-refractivity contribution in [1.82, 2.24) is 5.32 Å². The maximum absolute atomic E-state index is 10.7. The van der Waals surface area contributed by atoms with E-state index < -0.39 is 0 Å². The van der Waals surface area contributed by atoms with Gasteiger partial charge in [-0.25, -0.2) is 0 Å². The average Bonchev–Trinajstić information content (AvgIpc) is 2.28. The molecule has 84 valence electrons. The molecule has 0 spiro atoms. The number of carbonyl (C=O) groups is 1. The Morgan fingerprint density at radius 1 is 1.27 bits per heavy atom. The van der Waals surface area contributed by atoms with Crippen LogP contribution in [0.4, 0.5) is 0 Å². The van der Waals surface area contributed by atoms with Gasteiger partial charge in [-0.3, -0.25) is 4.79 Å². The van der Waals surface area contributed by atoms with Crippen LogP contribution in [0, 0.1) is 0 Å². The highest BCUT2D eigenvalue weighted by molar-refractivity contribution is 5.77. The summed E-state index contributed by atoms with van der Waals surface area (Å²) in [4.78, 5) is 10.7. The topological polar surface area (TPSA) is 81.1 Å². The van der Waals surface area contributed by atoms with E-state index in [4.69, 9.17) is 11.5 Å². The predicted molar refractivity (Wildman–Crippen MR) is 62.1 cm³/mol. The fraction of sp³-hybridized carbons (Fsp3) is 0.364. The summed E-state index contributed by atoms with van der Waals surface area (Å²) in [5, 5.41) is 2.68. The van der Waals surface area contributed by atoms with Crippen LogP contribution in [-0.4, -0.2) is 19.0 Å². The Labute approximate surface area is 90.7 Å². The molecule has 0 unspecified atom stereocenters. The summed E-state index contributed by atoms with van der Waals surface area (Å²) >= 11 is 0. The van der Waals surface area contributed by atoms with Crippen LogP contribution in [0.2, 0.25) is 0 Å². The van der Waals surface area contributed by atoms with Gasteiger partial charge in [0, 0.05) is 6.54 Å². The summed E-state index contributed by atoms with van der Waals surface area (Å²) < 4.78 is 0. The van der Waals surface area contributed by atoms with Crippen LogP contribution in [0.25, 0.3) is 0 Å². The minimum Gasteiger partial charge on any atom is -0.351 e. The third-order valence-electron chi connectivity index (χ3n) is 1.52. The minimum absolute atomic E-state index is 0.0484. The van der Waals surface area contributed by atoms with Crippen LogP contribution in [-0.2, 0) is 11.3 Å². The Kier molecular flexibility index (Phi) is 8.33. The number of hydrogen-bond acceptors (Lipinski definition) is 3. The summed E-state index contributed by atoms with van der Waals surface area (Å²) in [5.74, 6) is -0.126. The standard InChI is InChI=1S/C9H12N2O.C2H7N/c10-6-9(12)11-7-8-4-2-1-3-5-8;1-2-3/h1-5H,6-7,10H2,(H,11,12);2-3H2,1H3. The van der Waals surface area contributed by atoms with E-state index in [1.165, 1.54) is 0 Å². The summed E-state index contributed by atoms with van der Waals surface area (Å²) in [6, 6.07) is 9.72. The molecule has 5 N–H and O–H groups in total. The molecule has 0 saturated heterocycles. The van der Waals surface area contributed by atoms with Gasteiger partial charge in [0.1, 0.15) is 0 Å². The van der Waals surface area contributed by atoms with E-state index in [2.05, 4.69) is 5.32 Å². The molecule has 0 aliphatic carbocycles. The predicted octanol–water partition coefficient (Wildman–Crippen LogP) is 0.227. The molecular weight excluding hydrogens is 190 g/mol. The van der Waals surface area contributed by atoms with Gasteiger partial charge >= 0.3 is 0 Å². The van der Waals surface area contributed by atoms with Gasteiger partial charge in [0.25, 0.3) is 0 Å². The molecule has 0 saturated carbocycles. The zero-order valence-electron chi connectivity index (χ0n) is 9.07. The highest BCUT2D eigenvalue weighted by Crippen LogP contribution is 1.96. The first-order chi connectivity index (χ1) is 7.24.